The molecule has 0 fully saturated rings. The highest BCUT2D eigenvalue weighted by Gasteiger charge is 2.05. The van der Waals surface area contributed by atoms with Crippen LogP contribution in [0, 0.1) is 11.3 Å². The Morgan fingerprint density at radius 1 is 1.32 bits per heavy atom. The average molecular weight is 267 g/mol. The van der Waals surface area contributed by atoms with E-state index in [1.54, 1.807) is 23.5 Å². The molecule has 2 rings (SSSR count). The van der Waals surface area contributed by atoms with Crippen LogP contribution in [-0.2, 0) is 0 Å². The Kier molecular flexibility index (Phi) is 4.01. The van der Waals surface area contributed by atoms with E-state index in [1.165, 1.54) is 0 Å². The van der Waals surface area contributed by atoms with Gasteiger partial charge in [0.15, 0.2) is 0 Å². The largest absolute Gasteiger partial charge is 0.397 e. The summed E-state index contributed by atoms with van der Waals surface area (Å²) in [4.78, 5) is 1.01. The molecule has 0 saturated carbocycles. The van der Waals surface area contributed by atoms with Crippen LogP contribution in [0.5, 0.6) is 0 Å². The molecule has 1 aromatic carbocycles. The predicted octanol–water partition coefficient (Wildman–Crippen LogP) is 3.86. The fourth-order valence-electron chi connectivity index (χ4n) is 1.54. The molecule has 0 atom stereocenters. The molecule has 3 nitrogen and oxygen atoms in total. The number of nitriles is 1. The average Bonchev–Trinajstić information content (AvgIpc) is 2.91. The van der Waals surface area contributed by atoms with Gasteiger partial charge >= 0.3 is 0 Å². The van der Waals surface area contributed by atoms with E-state index in [4.69, 9.17) is 5.73 Å². The molecule has 4 heteroatoms. The lowest BCUT2D eigenvalue weighted by molar-refractivity contribution is 1.42. The third kappa shape index (κ3) is 3.24. The molecular weight excluding hydrogens is 254 g/mol. The highest BCUT2D eigenvalue weighted by molar-refractivity contribution is 7.10. The number of allylic oxidation sites excluding steroid dienone is 1. The molecule has 0 unspecified atom stereocenters. The summed E-state index contributed by atoms with van der Waals surface area (Å²) < 4.78 is 0. The number of hydrogen-bond donors (Lipinski definition) is 2. The molecule has 2 aromatic rings. The van der Waals surface area contributed by atoms with Crippen molar-refractivity contribution in [3.63, 3.8) is 0 Å². The molecule has 0 bridgehead atoms. The number of nitrogens with zero attached hydrogens (tertiary/aromatic N) is 1. The van der Waals surface area contributed by atoms with Crippen molar-refractivity contribution in [3.8, 4) is 6.07 Å². The smallest absolute Gasteiger partial charge is 0.101 e. The van der Waals surface area contributed by atoms with Gasteiger partial charge in [0.1, 0.15) is 6.07 Å². The second-order valence-corrected chi connectivity index (χ2v) is 4.86. The van der Waals surface area contributed by atoms with E-state index in [0.717, 1.165) is 10.6 Å². The lowest BCUT2D eigenvalue weighted by Gasteiger charge is -2.10. The van der Waals surface area contributed by atoms with Crippen LogP contribution in [0.4, 0.5) is 11.4 Å². The van der Waals surface area contributed by atoms with E-state index in [1.807, 2.05) is 35.7 Å². The summed E-state index contributed by atoms with van der Waals surface area (Å²) >= 11 is 1.57. The number of benzene rings is 1. The van der Waals surface area contributed by atoms with Gasteiger partial charge in [-0.1, -0.05) is 24.8 Å². The number of thiophene rings is 1. The lowest BCUT2D eigenvalue weighted by atomic mass is 10.2. The van der Waals surface area contributed by atoms with E-state index >= 15 is 0 Å². The van der Waals surface area contributed by atoms with E-state index in [0.29, 0.717) is 17.0 Å². The first-order valence-electron chi connectivity index (χ1n) is 5.67. The summed E-state index contributed by atoms with van der Waals surface area (Å²) in [6.45, 7) is 3.89. The van der Waals surface area contributed by atoms with Crippen molar-refractivity contribution in [1.29, 1.82) is 5.26 Å². The molecule has 0 spiro atoms. The van der Waals surface area contributed by atoms with Crippen molar-refractivity contribution in [1.82, 2.24) is 0 Å². The molecule has 94 valence electrons. The van der Waals surface area contributed by atoms with Crippen LogP contribution < -0.4 is 11.1 Å². The van der Waals surface area contributed by atoms with E-state index < -0.39 is 0 Å². The van der Waals surface area contributed by atoms with Gasteiger partial charge in [0.05, 0.1) is 16.9 Å². The van der Waals surface area contributed by atoms with Crippen molar-refractivity contribution in [2.24, 2.45) is 0 Å². The third-order valence-corrected chi connectivity index (χ3v) is 3.34. The number of anilines is 2. The van der Waals surface area contributed by atoms with Gasteiger partial charge in [-0.2, -0.15) is 5.26 Å². The van der Waals surface area contributed by atoms with Crippen LogP contribution in [0.25, 0.3) is 6.08 Å². The Hall–Kier alpha value is -2.51. The highest BCUT2D eigenvalue weighted by atomic mass is 32.1. The molecule has 0 aliphatic heterocycles. The molecule has 1 aromatic heterocycles. The topological polar surface area (TPSA) is 61.8 Å². The van der Waals surface area contributed by atoms with Crippen molar-refractivity contribution in [2.75, 3.05) is 11.1 Å². The van der Waals surface area contributed by atoms with Crippen molar-refractivity contribution in [2.45, 2.75) is 0 Å². The Morgan fingerprint density at radius 3 is 2.74 bits per heavy atom. The minimum absolute atomic E-state index is 0.491. The number of nitrogen functional groups attached to an aromatic ring is 1. The van der Waals surface area contributed by atoms with Crippen LogP contribution in [0.3, 0.4) is 0 Å². The quantitative estimate of drug-likeness (QED) is 0.502. The molecule has 1 heterocycles. The van der Waals surface area contributed by atoms with Gasteiger partial charge < -0.3 is 11.1 Å². The molecule has 0 amide bonds. The number of hydrogen-bond acceptors (Lipinski definition) is 4. The second kappa shape index (κ2) is 5.89. The second-order valence-electron chi connectivity index (χ2n) is 3.88. The van der Waals surface area contributed by atoms with Gasteiger partial charge in [-0.3, -0.25) is 0 Å². The normalized spacial score (nSPS) is 10.8. The Morgan fingerprint density at radius 2 is 2.11 bits per heavy atom. The van der Waals surface area contributed by atoms with Crippen molar-refractivity contribution < 1.29 is 0 Å². The monoisotopic (exact) mass is 267 g/mol. The summed E-state index contributed by atoms with van der Waals surface area (Å²) in [5.41, 5.74) is 8.24. The van der Waals surface area contributed by atoms with Crippen LogP contribution in [-0.4, -0.2) is 0 Å². The van der Waals surface area contributed by atoms with Crippen LogP contribution in [0.15, 0.2) is 59.6 Å². The van der Waals surface area contributed by atoms with Gasteiger partial charge in [-0.05, 0) is 29.7 Å². The molecular formula is C15H13N3S. The van der Waals surface area contributed by atoms with Crippen molar-refractivity contribution >= 4 is 28.8 Å². The maximum absolute atomic E-state index is 9.20. The van der Waals surface area contributed by atoms with Gasteiger partial charge in [0, 0.05) is 10.6 Å². The minimum atomic E-state index is 0.491. The van der Waals surface area contributed by atoms with Gasteiger partial charge in [0.25, 0.3) is 0 Å². The molecule has 3 N–H and O–H groups in total. The maximum Gasteiger partial charge on any atom is 0.101 e. The van der Waals surface area contributed by atoms with Gasteiger partial charge in [-0.15, -0.1) is 11.3 Å². The SMILES string of the molecule is C=C(Nc1ccccc1N)/C(C#N)=C/c1cccs1. The van der Waals surface area contributed by atoms with Gasteiger partial charge in [0.2, 0.25) is 0 Å². The fourth-order valence-corrected chi connectivity index (χ4v) is 2.20. The molecule has 0 aliphatic rings. The standard InChI is InChI=1S/C15H13N3S/c1-11(18-15-7-3-2-6-14(15)17)12(10-16)9-13-5-4-8-19-13/h2-9,18H,1,17H2/b12-9+. The number of para-hydroxylation sites is 2. The number of nitrogens with one attached hydrogen (secondary N) is 1. The zero-order valence-corrected chi connectivity index (χ0v) is 11.1. The van der Waals surface area contributed by atoms with E-state index in [-0.39, 0.29) is 0 Å². The summed E-state index contributed by atoms with van der Waals surface area (Å²) in [6.07, 6.45) is 1.80. The van der Waals surface area contributed by atoms with E-state index in [9.17, 15) is 5.26 Å². The van der Waals surface area contributed by atoms with Crippen molar-refractivity contribution in [3.05, 3.63) is 64.5 Å². The highest BCUT2D eigenvalue weighted by Crippen LogP contribution is 2.22. The summed E-state index contributed by atoms with van der Waals surface area (Å²) in [6, 6.07) is 13.4. The zero-order valence-electron chi connectivity index (χ0n) is 10.3. The fraction of sp³-hybridized carbons (Fsp3) is 0. The van der Waals surface area contributed by atoms with Gasteiger partial charge in [-0.25, -0.2) is 0 Å². The molecule has 19 heavy (non-hydrogen) atoms. The number of nitrogens with two attached hydrogens (primary N) is 1. The zero-order chi connectivity index (χ0) is 13.7. The van der Waals surface area contributed by atoms with Crippen LogP contribution in [0.2, 0.25) is 0 Å². The first-order chi connectivity index (χ1) is 9.20. The van der Waals surface area contributed by atoms with E-state index in [2.05, 4.69) is 18.0 Å². The Labute approximate surface area is 116 Å². The first-order valence-corrected chi connectivity index (χ1v) is 6.55. The predicted molar refractivity (Wildman–Crippen MR) is 81.5 cm³/mol. The number of rotatable bonds is 4. The summed E-state index contributed by atoms with van der Waals surface area (Å²) in [7, 11) is 0. The Balaban J connectivity index is 2.19. The lowest BCUT2D eigenvalue weighted by Crippen LogP contribution is -2.02. The third-order valence-electron chi connectivity index (χ3n) is 2.52. The Bertz CT molecular complexity index is 648. The van der Waals surface area contributed by atoms with Crippen LogP contribution in [0.1, 0.15) is 4.88 Å². The summed E-state index contributed by atoms with van der Waals surface area (Å²) in [5.74, 6) is 0. The molecule has 0 aliphatic carbocycles. The summed E-state index contributed by atoms with van der Waals surface area (Å²) in [5, 5.41) is 14.2. The van der Waals surface area contributed by atoms with Crippen LogP contribution >= 0.6 is 11.3 Å². The molecule has 0 radical (unpaired) electrons. The maximum atomic E-state index is 9.20. The molecule has 0 saturated heterocycles. The first kappa shape index (κ1) is 12.9. The minimum Gasteiger partial charge on any atom is -0.397 e.